The normalized spacial score (nSPS) is 14.7. The van der Waals surface area contributed by atoms with Gasteiger partial charge in [-0.15, -0.1) is 0 Å². The summed E-state index contributed by atoms with van der Waals surface area (Å²) in [7, 11) is -2.13. The van der Waals surface area contributed by atoms with E-state index in [1.807, 2.05) is 30.3 Å². The van der Waals surface area contributed by atoms with E-state index in [0.29, 0.717) is 36.4 Å². The van der Waals surface area contributed by atoms with Crippen LogP contribution < -0.4 is 15.4 Å². The number of piperidine rings is 1. The van der Waals surface area contributed by atoms with Gasteiger partial charge in [0.15, 0.2) is 0 Å². The molecule has 0 unspecified atom stereocenters. The minimum Gasteiger partial charge on any atom is -0.497 e. The van der Waals surface area contributed by atoms with Crippen LogP contribution >= 0.6 is 0 Å². The number of hydrogen-bond donors (Lipinski definition) is 2. The van der Waals surface area contributed by atoms with E-state index in [1.54, 1.807) is 36.4 Å². The fourth-order valence-corrected chi connectivity index (χ4v) is 5.62. The second-order valence-electron chi connectivity index (χ2n) is 8.56. The molecule has 2 N–H and O–H groups in total. The summed E-state index contributed by atoms with van der Waals surface area (Å²) in [6.07, 6.45) is 0.785. The lowest BCUT2D eigenvalue weighted by atomic mass is 9.97. The second-order valence-corrected chi connectivity index (χ2v) is 10.5. The number of hydrogen-bond acceptors (Lipinski definition) is 5. The number of amides is 2. The van der Waals surface area contributed by atoms with Crippen molar-refractivity contribution < 1.29 is 22.7 Å². The van der Waals surface area contributed by atoms with Crippen LogP contribution in [0.3, 0.4) is 0 Å². The first-order valence-corrected chi connectivity index (χ1v) is 13.2. The molecule has 0 bridgehead atoms. The Kier molecular flexibility index (Phi) is 8.02. The van der Waals surface area contributed by atoms with E-state index in [0.717, 1.165) is 5.56 Å². The molecule has 1 aliphatic heterocycles. The molecule has 4 rings (SSSR count). The smallest absolute Gasteiger partial charge is 0.253 e. The highest BCUT2D eigenvalue weighted by atomic mass is 32.2. The fraction of sp³-hybridized carbons (Fsp3) is 0.259. The molecule has 3 aromatic carbocycles. The van der Waals surface area contributed by atoms with Gasteiger partial charge in [-0.1, -0.05) is 42.5 Å². The molecular weight excluding hydrogens is 478 g/mol. The number of para-hydroxylation sites is 1. The zero-order valence-corrected chi connectivity index (χ0v) is 20.8. The zero-order chi connectivity index (χ0) is 25.5. The summed E-state index contributed by atoms with van der Waals surface area (Å²) in [6.45, 7) is 0.862. The Morgan fingerprint density at radius 3 is 2.22 bits per heavy atom. The molecule has 2 amide bonds. The maximum Gasteiger partial charge on any atom is 0.253 e. The number of carbonyl (C=O) groups is 2. The molecule has 0 radical (unpaired) electrons. The highest BCUT2D eigenvalue weighted by Gasteiger charge is 2.32. The first-order chi connectivity index (χ1) is 17.4. The predicted octanol–water partition coefficient (Wildman–Crippen LogP) is 3.66. The van der Waals surface area contributed by atoms with Gasteiger partial charge >= 0.3 is 0 Å². The summed E-state index contributed by atoms with van der Waals surface area (Å²) in [5, 5.41) is 5.76. The quantitative estimate of drug-likeness (QED) is 0.484. The third kappa shape index (κ3) is 5.92. The Hall–Kier alpha value is -3.69. The average Bonchev–Trinajstić information content (AvgIpc) is 2.92. The van der Waals surface area contributed by atoms with Crippen molar-refractivity contribution in [2.45, 2.75) is 24.3 Å². The van der Waals surface area contributed by atoms with Gasteiger partial charge in [-0.2, -0.15) is 4.31 Å². The van der Waals surface area contributed by atoms with Gasteiger partial charge in [0.05, 0.1) is 23.3 Å². The molecule has 0 aromatic heterocycles. The van der Waals surface area contributed by atoms with E-state index in [-0.39, 0.29) is 35.7 Å². The SMILES string of the molecule is COc1ccc(S(=O)(=O)N2CCC(C(=O)Nc3ccccc3C(=O)NCc3ccccc3)CC2)cc1. The summed E-state index contributed by atoms with van der Waals surface area (Å²) in [5.41, 5.74) is 1.78. The van der Waals surface area contributed by atoms with Gasteiger partial charge in [0.25, 0.3) is 5.91 Å². The number of benzene rings is 3. The Balaban J connectivity index is 1.35. The van der Waals surface area contributed by atoms with Crippen LogP contribution in [0.5, 0.6) is 5.75 Å². The van der Waals surface area contributed by atoms with Gasteiger partial charge in [-0.3, -0.25) is 9.59 Å². The van der Waals surface area contributed by atoms with Gasteiger partial charge in [0.1, 0.15) is 5.75 Å². The van der Waals surface area contributed by atoms with Crippen molar-refractivity contribution in [3.05, 3.63) is 90.0 Å². The van der Waals surface area contributed by atoms with Crippen LogP contribution in [0.1, 0.15) is 28.8 Å². The molecule has 8 nitrogen and oxygen atoms in total. The van der Waals surface area contributed by atoms with Crippen LogP contribution in [0, 0.1) is 5.92 Å². The molecule has 188 valence electrons. The number of methoxy groups -OCH3 is 1. The lowest BCUT2D eigenvalue weighted by Crippen LogP contribution is -2.41. The molecule has 3 aromatic rings. The van der Waals surface area contributed by atoms with Crippen LogP contribution in [0.2, 0.25) is 0 Å². The van der Waals surface area contributed by atoms with E-state index < -0.39 is 10.0 Å². The Labute approximate surface area is 211 Å². The van der Waals surface area contributed by atoms with Gasteiger partial charge in [0, 0.05) is 25.6 Å². The van der Waals surface area contributed by atoms with Gasteiger partial charge in [-0.05, 0) is 54.8 Å². The molecule has 1 saturated heterocycles. The van der Waals surface area contributed by atoms with E-state index in [1.165, 1.54) is 23.5 Å². The van der Waals surface area contributed by atoms with Gasteiger partial charge in [0.2, 0.25) is 15.9 Å². The lowest BCUT2D eigenvalue weighted by Gasteiger charge is -2.30. The lowest BCUT2D eigenvalue weighted by molar-refractivity contribution is -0.120. The average molecular weight is 508 g/mol. The van der Waals surface area contributed by atoms with Crippen molar-refractivity contribution in [3.63, 3.8) is 0 Å². The third-order valence-corrected chi connectivity index (χ3v) is 8.16. The molecule has 1 aliphatic rings. The molecular formula is C27H29N3O5S. The van der Waals surface area contributed by atoms with Crippen LogP contribution in [-0.4, -0.2) is 44.7 Å². The highest BCUT2D eigenvalue weighted by Crippen LogP contribution is 2.26. The first kappa shape index (κ1) is 25.4. The standard InChI is InChI=1S/C27H29N3O5S/c1-35-22-11-13-23(14-12-22)36(33,34)30-17-15-21(16-18-30)26(31)29-25-10-6-5-9-24(25)27(32)28-19-20-7-3-2-4-8-20/h2-14,21H,15-19H2,1H3,(H,28,32)(H,29,31). The van der Waals surface area contributed by atoms with E-state index in [2.05, 4.69) is 10.6 Å². The Morgan fingerprint density at radius 2 is 1.56 bits per heavy atom. The monoisotopic (exact) mass is 507 g/mol. The molecule has 0 spiro atoms. The summed E-state index contributed by atoms with van der Waals surface area (Å²) in [6, 6.07) is 22.7. The van der Waals surface area contributed by atoms with Crippen molar-refractivity contribution >= 4 is 27.5 Å². The van der Waals surface area contributed by atoms with Crippen molar-refractivity contribution in [1.29, 1.82) is 0 Å². The van der Waals surface area contributed by atoms with E-state index in [9.17, 15) is 18.0 Å². The van der Waals surface area contributed by atoms with Crippen LogP contribution in [0.4, 0.5) is 5.69 Å². The number of nitrogens with zero attached hydrogens (tertiary/aromatic N) is 1. The number of nitrogens with one attached hydrogen (secondary N) is 2. The fourth-order valence-electron chi connectivity index (χ4n) is 4.15. The summed E-state index contributed by atoms with van der Waals surface area (Å²) < 4.78 is 32.5. The molecule has 0 atom stereocenters. The number of carbonyl (C=O) groups excluding carboxylic acids is 2. The zero-order valence-electron chi connectivity index (χ0n) is 20.0. The minimum atomic E-state index is -3.65. The van der Waals surface area contributed by atoms with Crippen molar-refractivity contribution in [2.24, 2.45) is 5.92 Å². The number of anilines is 1. The molecule has 9 heteroatoms. The Bertz CT molecular complexity index is 1300. The van der Waals surface area contributed by atoms with Crippen LogP contribution in [0.15, 0.2) is 83.8 Å². The molecule has 0 saturated carbocycles. The summed E-state index contributed by atoms with van der Waals surface area (Å²) in [4.78, 5) is 26.0. The maximum atomic E-state index is 13.0. The highest BCUT2D eigenvalue weighted by molar-refractivity contribution is 7.89. The van der Waals surface area contributed by atoms with E-state index in [4.69, 9.17) is 4.74 Å². The first-order valence-electron chi connectivity index (χ1n) is 11.7. The van der Waals surface area contributed by atoms with Gasteiger partial charge < -0.3 is 15.4 Å². The summed E-state index contributed by atoms with van der Waals surface area (Å²) in [5.74, 6) is -0.277. The second kappa shape index (κ2) is 11.4. The molecule has 0 aliphatic carbocycles. The van der Waals surface area contributed by atoms with Crippen LogP contribution in [-0.2, 0) is 21.4 Å². The van der Waals surface area contributed by atoms with Crippen molar-refractivity contribution in [2.75, 3.05) is 25.5 Å². The molecule has 1 heterocycles. The number of sulfonamides is 1. The predicted molar refractivity (Wildman–Crippen MR) is 137 cm³/mol. The number of rotatable bonds is 8. The largest absolute Gasteiger partial charge is 0.497 e. The Morgan fingerprint density at radius 1 is 0.917 bits per heavy atom. The molecule has 1 fully saturated rings. The summed E-state index contributed by atoms with van der Waals surface area (Å²) >= 11 is 0. The minimum absolute atomic E-state index is 0.196. The van der Waals surface area contributed by atoms with Crippen molar-refractivity contribution in [1.82, 2.24) is 9.62 Å². The number of ether oxygens (including phenoxy) is 1. The molecule has 36 heavy (non-hydrogen) atoms. The van der Waals surface area contributed by atoms with E-state index >= 15 is 0 Å². The third-order valence-electron chi connectivity index (χ3n) is 6.25. The van der Waals surface area contributed by atoms with Gasteiger partial charge in [-0.25, -0.2) is 8.42 Å². The maximum absolute atomic E-state index is 13.0. The topological polar surface area (TPSA) is 105 Å². The van der Waals surface area contributed by atoms with Crippen LogP contribution in [0.25, 0.3) is 0 Å². The van der Waals surface area contributed by atoms with Crippen molar-refractivity contribution in [3.8, 4) is 5.75 Å².